The van der Waals surface area contributed by atoms with Gasteiger partial charge in [0.25, 0.3) is 0 Å². The van der Waals surface area contributed by atoms with Gasteiger partial charge in [-0.25, -0.2) is 0 Å². The highest BCUT2D eigenvalue weighted by Gasteiger charge is 2.26. The second kappa shape index (κ2) is 4.61. The molecule has 0 aromatic carbocycles. The summed E-state index contributed by atoms with van der Waals surface area (Å²) >= 11 is 0. The molecule has 0 fully saturated rings. The van der Waals surface area contributed by atoms with Crippen LogP contribution >= 0.6 is 0 Å². The highest BCUT2D eigenvalue weighted by atomic mass is 16.1. The molecular weight excluding hydrogens is 184 g/mol. The maximum Gasteiger partial charge on any atom is 0.178 e. The largest absolute Gasteiger partial charge is 0.290 e. The van der Waals surface area contributed by atoms with Gasteiger partial charge >= 0.3 is 0 Å². The van der Waals surface area contributed by atoms with Crippen molar-refractivity contribution >= 4 is 5.78 Å². The average molecular weight is 204 g/mol. The summed E-state index contributed by atoms with van der Waals surface area (Å²) in [6.45, 7) is 10.1. The van der Waals surface area contributed by atoms with Crippen LogP contribution in [-0.2, 0) is 4.79 Å². The second-order valence-electron chi connectivity index (χ2n) is 4.87. The maximum atomic E-state index is 11.1. The van der Waals surface area contributed by atoms with Crippen LogP contribution in [0.25, 0.3) is 0 Å². The Bertz CT molecular complexity index is 329. The van der Waals surface area contributed by atoms with Gasteiger partial charge in [0.2, 0.25) is 0 Å². The third-order valence-electron chi connectivity index (χ3n) is 3.16. The minimum atomic E-state index is -0.0170. The SMILES string of the molecule is C=CC(=O)/C=C/C1=C(C)CCCC1(C)C. The van der Waals surface area contributed by atoms with Crippen LogP contribution in [0, 0.1) is 5.41 Å². The normalized spacial score (nSPS) is 20.7. The fraction of sp³-hybridized carbons (Fsp3) is 0.500. The number of carbonyl (C=O) groups is 1. The summed E-state index contributed by atoms with van der Waals surface area (Å²) in [5, 5.41) is 0. The highest BCUT2D eigenvalue weighted by Crippen LogP contribution is 2.40. The standard InChI is InChI=1S/C14H20O/c1-5-12(15)8-9-13-11(2)7-6-10-14(13,3)4/h5,8-9H,1,6-7,10H2,2-4H3/b9-8+. The van der Waals surface area contributed by atoms with E-state index in [0.29, 0.717) is 0 Å². The zero-order valence-electron chi connectivity index (χ0n) is 9.97. The molecule has 0 radical (unpaired) electrons. The van der Waals surface area contributed by atoms with E-state index in [1.54, 1.807) is 6.08 Å². The topological polar surface area (TPSA) is 17.1 Å². The molecule has 0 N–H and O–H groups in total. The van der Waals surface area contributed by atoms with Crippen molar-refractivity contribution in [3.63, 3.8) is 0 Å². The Labute approximate surface area is 92.6 Å². The van der Waals surface area contributed by atoms with E-state index in [-0.39, 0.29) is 11.2 Å². The van der Waals surface area contributed by atoms with Crippen LogP contribution in [0.5, 0.6) is 0 Å². The van der Waals surface area contributed by atoms with Gasteiger partial charge in [-0.05, 0) is 49.3 Å². The molecular formula is C14H20O. The molecule has 1 nitrogen and oxygen atoms in total. The predicted molar refractivity (Wildman–Crippen MR) is 64.7 cm³/mol. The average Bonchev–Trinajstić information content (AvgIpc) is 2.15. The lowest BCUT2D eigenvalue weighted by molar-refractivity contribution is -0.110. The second-order valence-corrected chi connectivity index (χ2v) is 4.87. The van der Waals surface area contributed by atoms with Crippen molar-refractivity contribution in [3.05, 3.63) is 36.0 Å². The number of rotatable bonds is 3. The molecule has 0 saturated heterocycles. The maximum absolute atomic E-state index is 11.1. The Morgan fingerprint density at radius 2 is 2.13 bits per heavy atom. The van der Waals surface area contributed by atoms with Crippen LogP contribution in [0.3, 0.4) is 0 Å². The van der Waals surface area contributed by atoms with E-state index in [1.165, 1.54) is 30.1 Å². The smallest absolute Gasteiger partial charge is 0.178 e. The summed E-state index contributed by atoms with van der Waals surface area (Å²) in [6, 6.07) is 0. The number of allylic oxidation sites excluding steroid dienone is 5. The zero-order chi connectivity index (χ0) is 11.5. The lowest BCUT2D eigenvalue weighted by Gasteiger charge is -2.32. The molecule has 15 heavy (non-hydrogen) atoms. The molecule has 0 spiro atoms. The van der Waals surface area contributed by atoms with Crippen molar-refractivity contribution < 1.29 is 4.79 Å². The van der Waals surface area contributed by atoms with Gasteiger partial charge in [0.15, 0.2) is 5.78 Å². The summed E-state index contributed by atoms with van der Waals surface area (Å²) in [4.78, 5) is 11.1. The van der Waals surface area contributed by atoms with Gasteiger partial charge in [-0.2, -0.15) is 0 Å². The first-order valence-electron chi connectivity index (χ1n) is 5.52. The first-order chi connectivity index (χ1) is 6.97. The summed E-state index contributed by atoms with van der Waals surface area (Å²) in [5.74, 6) is -0.0170. The first kappa shape index (κ1) is 12.0. The molecule has 82 valence electrons. The predicted octanol–water partition coefficient (Wildman–Crippen LogP) is 3.82. The molecule has 0 bridgehead atoms. The van der Waals surface area contributed by atoms with Crippen molar-refractivity contribution in [2.75, 3.05) is 0 Å². The van der Waals surface area contributed by atoms with E-state index in [1.807, 2.05) is 6.08 Å². The fourth-order valence-corrected chi connectivity index (χ4v) is 2.24. The lowest BCUT2D eigenvalue weighted by Crippen LogP contribution is -2.19. The molecule has 0 unspecified atom stereocenters. The van der Waals surface area contributed by atoms with Crippen LogP contribution in [0.1, 0.15) is 40.0 Å². The van der Waals surface area contributed by atoms with Crippen molar-refractivity contribution in [2.45, 2.75) is 40.0 Å². The molecule has 1 aliphatic carbocycles. The van der Waals surface area contributed by atoms with Crippen LogP contribution in [0.2, 0.25) is 0 Å². The molecule has 0 heterocycles. The minimum absolute atomic E-state index is 0.0170. The third-order valence-corrected chi connectivity index (χ3v) is 3.16. The Kier molecular flexibility index (Phi) is 3.67. The lowest BCUT2D eigenvalue weighted by atomic mass is 9.72. The van der Waals surface area contributed by atoms with E-state index >= 15 is 0 Å². The van der Waals surface area contributed by atoms with E-state index < -0.39 is 0 Å². The van der Waals surface area contributed by atoms with E-state index in [2.05, 4.69) is 27.4 Å². The molecule has 0 aromatic heterocycles. The Morgan fingerprint density at radius 1 is 1.47 bits per heavy atom. The Balaban J connectivity index is 2.94. The summed E-state index contributed by atoms with van der Waals surface area (Å²) in [7, 11) is 0. The van der Waals surface area contributed by atoms with Gasteiger partial charge in [0.1, 0.15) is 0 Å². The van der Waals surface area contributed by atoms with E-state index in [4.69, 9.17) is 0 Å². The molecule has 1 heteroatoms. The quantitative estimate of drug-likeness (QED) is 0.639. The van der Waals surface area contributed by atoms with Crippen molar-refractivity contribution in [1.82, 2.24) is 0 Å². The molecule has 1 aliphatic rings. The molecule has 0 saturated carbocycles. The number of hydrogen-bond acceptors (Lipinski definition) is 1. The van der Waals surface area contributed by atoms with Gasteiger partial charge in [-0.3, -0.25) is 4.79 Å². The Morgan fingerprint density at radius 3 is 2.67 bits per heavy atom. The van der Waals surface area contributed by atoms with Gasteiger partial charge in [-0.1, -0.05) is 32.1 Å². The number of carbonyl (C=O) groups excluding carboxylic acids is 1. The van der Waals surface area contributed by atoms with Gasteiger partial charge in [0, 0.05) is 0 Å². The van der Waals surface area contributed by atoms with Gasteiger partial charge in [-0.15, -0.1) is 0 Å². The van der Waals surface area contributed by atoms with Crippen LogP contribution in [-0.4, -0.2) is 5.78 Å². The highest BCUT2D eigenvalue weighted by molar-refractivity contribution is 5.99. The number of ketones is 1. The number of hydrogen-bond donors (Lipinski definition) is 0. The summed E-state index contributed by atoms with van der Waals surface area (Å²) < 4.78 is 0. The summed E-state index contributed by atoms with van der Waals surface area (Å²) in [5.41, 5.74) is 2.95. The zero-order valence-corrected chi connectivity index (χ0v) is 9.97. The van der Waals surface area contributed by atoms with Crippen LogP contribution in [0.15, 0.2) is 36.0 Å². The Hall–Kier alpha value is -1.11. The van der Waals surface area contributed by atoms with Crippen LogP contribution in [0.4, 0.5) is 0 Å². The van der Waals surface area contributed by atoms with Crippen molar-refractivity contribution in [2.24, 2.45) is 5.41 Å². The molecule has 1 rings (SSSR count). The molecule has 0 amide bonds. The van der Waals surface area contributed by atoms with E-state index in [0.717, 1.165) is 6.42 Å². The van der Waals surface area contributed by atoms with Crippen molar-refractivity contribution in [1.29, 1.82) is 0 Å². The van der Waals surface area contributed by atoms with Crippen LogP contribution < -0.4 is 0 Å². The van der Waals surface area contributed by atoms with Crippen molar-refractivity contribution in [3.8, 4) is 0 Å². The minimum Gasteiger partial charge on any atom is -0.290 e. The van der Waals surface area contributed by atoms with Gasteiger partial charge in [0.05, 0.1) is 0 Å². The first-order valence-corrected chi connectivity index (χ1v) is 5.52. The fourth-order valence-electron chi connectivity index (χ4n) is 2.24. The molecule has 0 atom stereocenters. The third kappa shape index (κ3) is 2.92. The molecule has 0 aliphatic heterocycles. The monoisotopic (exact) mass is 204 g/mol. The summed E-state index contributed by atoms with van der Waals surface area (Å²) in [6.07, 6.45) is 8.56. The van der Waals surface area contributed by atoms with Gasteiger partial charge < -0.3 is 0 Å². The molecule has 0 aromatic rings. The van der Waals surface area contributed by atoms with E-state index in [9.17, 15) is 4.79 Å².